The molecule has 0 aliphatic heterocycles. The van der Waals surface area contributed by atoms with Crippen LogP contribution in [-0.4, -0.2) is 30.1 Å². The van der Waals surface area contributed by atoms with E-state index in [0.29, 0.717) is 5.56 Å². The summed E-state index contributed by atoms with van der Waals surface area (Å²) in [6, 6.07) is 12.7. The van der Waals surface area contributed by atoms with Gasteiger partial charge in [0.15, 0.2) is 11.6 Å². The van der Waals surface area contributed by atoms with E-state index < -0.39 is 23.7 Å². The van der Waals surface area contributed by atoms with Crippen LogP contribution in [0.25, 0.3) is 0 Å². The molecular formula is C19H20FNO4. The van der Waals surface area contributed by atoms with Crippen molar-refractivity contribution in [1.82, 2.24) is 5.32 Å². The second-order valence-corrected chi connectivity index (χ2v) is 5.58. The van der Waals surface area contributed by atoms with Gasteiger partial charge in [-0.15, -0.1) is 0 Å². The van der Waals surface area contributed by atoms with Gasteiger partial charge in [0.2, 0.25) is 5.91 Å². The minimum atomic E-state index is -1.11. The number of carboxylic acids is 1. The molecule has 0 unspecified atom stereocenters. The fraction of sp³-hybridized carbons (Fsp3) is 0.263. The van der Waals surface area contributed by atoms with Crippen molar-refractivity contribution in [2.45, 2.75) is 25.3 Å². The lowest BCUT2D eigenvalue weighted by Gasteiger charge is -2.15. The Balaban J connectivity index is 1.94. The molecule has 25 heavy (non-hydrogen) atoms. The summed E-state index contributed by atoms with van der Waals surface area (Å²) < 4.78 is 19.0. The molecule has 5 nitrogen and oxygen atoms in total. The molecule has 0 radical (unpaired) electrons. The zero-order chi connectivity index (χ0) is 18.2. The lowest BCUT2D eigenvalue weighted by atomic mass is 10.0. The number of nitrogens with one attached hydrogen (secondary N) is 1. The van der Waals surface area contributed by atoms with Gasteiger partial charge in [0, 0.05) is 12.8 Å². The first-order valence-electron chi connectivity index (χ1n) is 7.88. The molecule has 0 saturated heterocycles. The molecule has 1 atom stereocenters. The molecule has 2 rings (SSSR count). The third-order valence-corrected chi connectivity index (χ3v) is 3.80. The maximum atomic E-state index is 14.1. The zero-order valence-electron chi connectivity index (χ0n) is 13.9. The van der Waals surface area contributed by atoms with Gasteiger partial charge < -0.3 is 15.2 Å². The lowest BCUT2D eigenvalue weighted by molar-refractivity contribution is -0.141. The van der Waals surface area contributed by atoms with Gasteiger partial charge in [-0.05, 0) is 23.6 Å². The SMILES string of the molecule is COc1cccc(CCC(=O)N[C@@H](Cc2ccccc2)C(=O)O)c1F. The van der Waals surface area contributed by atoms with Crippen molar-refractivity contribution in [3.05, 3.63) is 65.5 Å². The number of hydrogen-bond acceptors (Lipinski definition) is 3. The predicted molar refractivity (Wildman–Crippen MR) is 91.0 cm³/mol. The average molecular weight is 345 g/mol. The normalized spacial score (nSPS) is 11.6. The summed E-state index contributed by atoms with van der Waals surface area (Å²) in [4.78, 5) is 23.4. The zero-order valence-corrected chi connectivity index (χ0v) is 13.9. The number of benzene rings is 2. The van der Waals surface area contributed by atoms with E-state index in [4.69, 9.17) is 4.74 Å². The van der Waals surface area contributed by atoms with Crippen LogP contribution < -0.4 is 10.1 Å². The molecule has 6 heteroatoms. The molecule has 0 spiro atoms. The highest BCUT2D eigenvalue weighted by Crippen LogP contribution is 2.20. The van der Waals surface area contributed by atoms with Gasteiger partial charge in [0.25, 0.3) is 0 Å². The first kappa shape index (κ1) is 18.4. The van der Waals surface area contributed by atoms with Crippen molar-refractivity contribution in [2.75, 3.05) is 7.11 Å². The number of carbonyl (C=O) groups is 2. The molecule has 2 aromatic carbocycles. The summed E-state index contributed by atoms with van der Waals surface area (Å²) in [5.74, 6) is -1.93. The Bertz CT molecular complexity index is 733. The summed E-state index contributed by atoms with van der Waals surface area (Å²) in [5, 5.41) is 11.8. The van der Waals surface area contributed by atoms with Crippen LogP contribution in [0.5, 0.6) is 5.75 Å². The first-order chi connectivity index (χ1) is 12.0. The summed E-state index contributed by atoms with van der Waals surface area (Å²) in [7, 11) is 1.37. The molecular weight excluding hydrogens is 325 g/mol. The highest BCUT2D eigenvalue weighted by atomic mass is 19.1. The molecule has 0 bridgehead atoms. The van der Waals surface area contributed by atoms with Gasteiger partial charge in [0.1, 0.15) is 6.04 Å². The van der Waals surface area contributed by atoms with Gasteiger partial charge in [-0.3, -0.25) is 4.79 Å². The van der Waals surface area contributed by atoms with Crippen LogP contribution in [0.3, 0.4) is 0 Å². The monoisotopic (exact) mass is 345 g/mol. The van der Waals surface area contributed by atoms with Crippen molar-refractivity contribution in [2.24, 2.45) is 0 Å². The van der Waals surface area contributed by atoms with Crippen LogP contribution in [0.4, 0.5) is 4.39 Å². The summed E-state index contributed by atoms with van der Waals surface area (Å²) in [6.45, 7) is 0. The Morgan fingerprint density at radius 3 is 2.52 bits per heavy atom. The maximum Gasteiger partial charge on any atom is 0.326 e. The number of halogens is 1. The van der Waals surface area contributed by atoms with Crippen molar-refractivity contribution < 1.29 is 23.8 Å². The van der Waals surface area contributed by atoms with Crippen LogP contribution >= 0.6 is 0 Å². The van der Waals surface area contributed by atoms with Gasteiger partial charge >= 0.3 is 5.97 Å². The lowest BCUT2D eigenvalue weighted by Crippen LogP contribution is -2.42. The summed E-state index contributed by atoms with van der Waals surface area (Å²) in [5.41, 5.74) is 1.17. The summed E-state index contributed by atoms with van der Waals surface area (Å²) >= 11 is 0. The summed E-state index contributed by atoms with van der Waals surface area (Å²) in [6.07, 6.45) is 0.338. The molecule has 0 aliphatic carbocycles. The minimum Gasteiger partial charge on any atom is -0.494 e. The third kappa shape index (κ3) is 5.31. The van der Waals surface area contributed by atoms with Gasteiger partial charge in [-0.1, -0.05) is 42.5 Å². The van der Waals surface area contributed by atoms with E-state index in [9.17, 15) is 19.1 Å². The number of ether oxygens (including phenoxy) is 1. The van der Waals surface area contributed by atoms with Crippen molar-refractivity contribution in [3.63, 3.8) is 0 Å². The number of aryl methyl sites for hydroxylation is 1. The molecule has 1 amide bonds. The number of hydrogen-bond donors (Lipinski definition) is 2. The van der Waals surface area contributed by atoms with E-state index in [1.54, 1.807) is 24.3 Å². The van der Waals surface area contributed by atoms with Crippen LogP contribution in [0, 0.1) is 5.82 Å². The standard InChI is InChI=1S/C19H20FNO4/c1-25-16-9-5-8-14(18(16)20)10-11-17(22)21-15(19(23)24)12-13-6-3-2-4-7-13/h2-9,15H,10-12H2,1H3,(H,21,22)(H,23,24)/t15-/m0/s1. The molecule has 0 aliphatic rings. The molecule has 132 valence electrons. The molecule has 0 fully saturated rings. The largest absolute Gasteiger partial charge is 0.494 e. The highest BCUT2D eigenvalue weighted by Gasteiger charge is 2.20. The molecule has 2 aromatic rings. The van der Waals surface area contributed by atoms with Gasteiger partial charge in [-0.25, -0.2) is 9.18 Å². The smallest absolute Gasteiger partial charge is 0.326 e. The Morgan fingerprint density at radius 1 is 1.16 bits per heavy atom. The Kier molecular flexibility index (Phi) is 6.51. The van der Waals surface area contributed by atoms with Gasteiger partial charge in [0.05, 0.1) is 7.11 Å². The number of methoxy groups -OCH3 is 1. The Hall–Kier alpha value is -2.89. The topological polar surface area (TPSA) is 75.6 Å². The van der Waals surface area contributed by atoms with Crippen LogP contribution in [0.15, 0.2) is 48.5 Å². The predicted octanol–water partition coefficient (Wildman–Crippen LogP) is 2.58. The van der Waals surface area contributed by atoms with Crippen LogP contribution in [0.1, 0.15) is 17.5 Å². The van der Waals surface area contributed by atoms with Crippen molar-refractivity contribution >= 4 is 11.9 Å². The van der Waals surface area contributed by atoms with E-state index in [1.807, 2.05) is 18.2 Å². The van der Waals surface area contributed by atoms with Crippen LogP contribution in [0.2, 0.25) is 0 Å². The molecule has 2 N–H and O–H groups in total. The van der Waals surface area contributed by atoms with Crippen molar-refractivity contribution in [1.29, 1.82) is 0 Å². The second kappa shape index (κ2) is 8.82. The van der Waals surface area contributed by atoms with E-state index in [-0.39, 0.29) is 25.0 Å². The van der Waals surface area contributed by atoms with Gasteiger partial charge in [-0.2, -0.15) is 0 Å². The Morgan fingerprint density at radius 2 is 1.88 bits per heavy atom. The van der Waals surface area contributed by atoms with Crippen molar-refractivity contribution in [3.8, 4) is 5.75 Å². The number of amides is 1. The number of carbonyl (C=O) groups excluding carboxylic acids is 1. The maximum absolute atomic E-state index is 14.1. The Labute approximate surface area is 145 Å². The van der Waals surface area contributed by atoms with E-state index in [1.165, 1.54) is 13.2 Å². The molecule has 0 heterocycles. The fourth-order valence-corrected chi connectivity index (χ4v) is 2.47. The highest BCUT2D eigenvalue weighted by molar-refractivity contribution is 5.83. The number of rotatable bonds is 8. The van der Waals surface area contributed by atoms with E-state index in [0.717, 1.165) is 5.56 Å². The third-order valence-electron chi connectivity index (χ3n) is 3.80. The fourth-order valence-electron chi connectivity index (χ4n) is 2.47. The molecule has 0 saturated carbocycles. The quantitative estimate of drug-likeness (QED) is 0.771. The minimum absolute atomic E-state index is 0.0113. The first-order valence-corrected chi connectivity index (χ1v) is 7.88. The second-order valence-electron chi connectivity index (χ2n) is 5.58. The average Bonchev–Trinajstić information content (AvgIpc) is 2.61. The number of carboxylic acid groups (broad SMARTS) is 1. The molecule has 0 aromatic heterocycles. The van der Waals surface area contributed by atoms with E-state index >= 15 is 0 Å². The van der Waals surface area contributed by atoms with E-state index in [2.05, 4.69) is 5.32 Å². The number of aliphatic carboxylic acids is 1. The van der Waals surface area contributed by atoms with Crippen LogP contribution in [-0.2, 0) is 22.4 Å².